The zero-order valence-corrected chi connectivity index (χ0v) is 7.88. The lowest BCUT2D eigenvalue weighted by Gasteiger charge is -2.05. The molecule has 0 aliphatic heterocycles. The summed E-state index contributed by atoms with van der Waals surface area (Å²) >= 11 is 5.55. The number of hydrogen-bond donors (Lipinski definition) is 0. The molecule has 0 saturated heterocycles. The fourth-order valence-corrected chi connectivity index (χ4v) is 0.734. The maximum atomic E-state index is 5.55. The van der Waals surface area contributed by atoms with E-state index in [0.717, 1.165) is 0 Å². The Morgan fingerprint density at radius 1 is 1.42 bits per heavy atom. The molecule has 0 spiro atoms. The van der Waals surface area contributed by atoms with Crippen molar-refractivity contribution < 1.29 is 4.74 Å². The Morgan fingerprint density at radius 2 is 2.17 bits per heavy atom. The van der Waals surface area contributed by atoms with Crippen LogP contribution in [0.25, 0.3) is 0 Å². The van der Waals surface area contributed by atoms with Gasteiger partial charge in [0, 0.05) is 6.07 Å². The molecule has 0 aliphatic carbocycles. The lowest BCUT2D eigenvalue weighted by Crippen LogP contribution is -2.05. The van der Waals surface area contributed by atoms with Crippen molar-refractivity contribution >= 4 is 11.6 Å². The first kappa shape index (κ1) is 9.26. The molecule has 0 aromatic carbocycles. The molecule has 0 atom stereocenters. The van der Waals surface area contributed by atoms with E-state index >= 15 is 0 Å². The van der Waals surface area contributed by atoms with Gasteiger partial charge in [0.05, 0.1) is 6.61 Å². The second-order valence-corrected chi connectivity index (χ2v) is 3.29. The highest BCUT2D eigenvalue weighted by Gasteiger charge is 1.98. The number of hydrogen-bond acceptors (Lipinski definition) is 3. The molecular weight excluding hydrogens is 176 g/mol. The summed E-state index contributed by atoms with van der Waals surface area (Å²) < 4.78 is 5.29. The molecule has 1 aromatic heterocycles. The summed E-state index contributed by atoms with van der Waals surface area (Å²) in [7, 11) is 0. The molecule has 0 amide bonds. The third-order valence-corrected chi connectivity index (χ3v) is 1.37. The molecule has 1 rings (SSSR count). The van der Waals surface area contributed by atoms with E-state index in [0.29, 0.717) is 23.6 Å². The van der Waals surface area contributed by atoms with Gasteiger partial charge in [0.25, 0.3) is 0 Å². The molecule has 0 bridgehead atoms. The normalized spacial score (nSPS) is 10.3. The van der Waals surface area contributed by atoms with Gasteiger partial charge < -0.3 is 4.74 Å². The van der Waals surface area contributed by atoms with Crippen LogP contribution in [0.15, 0.2) is 12.1 Å². The number of rotatable bonds is 3. The van der Waals surface area contributed by atoms with Crippen LogP contribution in [-0.2, 0) is 0 Å². The molecule has 0 saturated carbocycles. The van der Waals surface area contributed by atoms with Crippen molar-refractivity contribution in [1.29, 1.82) is 0 Å². The number of ether oxygens (including phenoxy) is 1. The molecule has 12 heavy (non-hydrogen) atoms. The molecule has 1 aromatic rings. The van der Waals surface area contributed by atoms with Gasteiger partial charge in [0.2, 0.25) is 5.88 Å². The van der Waals surface area contributed by atoms with Crippen LogP contribution in [0.5, 0.6) is 5.88 Å². The summed E-state index contributed by atoms with van der Waals surface area (Å²) in [5.41, 5.74) is 0. The van der Waals surface area contributed by atoms with Crippen molar-refractivity contribution in [3.63, 3.8) is 0 Å². The summed E-state index contributed by atoms with van der Waals surface area (Å²) in [4.78, 5) is 0. The predicted octanol–water partition coefficient (Wildman–Crippen LogP) is 2.16. The fraction of sp³-hybridized carbons (Fsp3) is 0.500. The summed E-state index contributed by atoms with van der Waals surface area (Å²) in [5, 5.41) is 7.77. The van der Waals surface area contributed by atoms with Crippen molar-refractivity contribution in [1.82, 2.24) is 10.2 Å². The van der Waals surface area contributed by atoms with E-state index in [1.165, 1.54) is 0 Å². The van der Waals surface area contributed by atoms with Gasteiger partial charge in [0.15, 0.2) is 5.15 Å². The summed E-state index contributed by atoms with van der Waals surface area (Å²) in [6, 6.07) is 3.36. The zero-order valence-electron chi connectivity index (χ0n) is 7.12. The third kappa shape index (κ3) is 3.05. The fourth-order valence-electron chi connectivity index (χ4n) is 0.633. The first-order chi connectivity index (χ1) is 5.68. The lowest BCUT2D eigenvalue weighted by molar-refractivity contribution is 0.258. The number of aromatic nitrogens is 2. The standard InChI is InChI=1S/C8H11ClN2O/c1-6(2)5-12-8-4-3-7(9)10-11-8/h3-4,6H,5H2,1-2H3. The predicted molar refractivity (Wildman–Crippen MR) is 47.4 cm³/mol. The molecule has 3 nitrogen and oxygen atoms in total. The Labute approximate surface area is 76.7 Å². The highest BCUT2D eigenvalue weighted by atomic mass is 35.5. The Hall–Kier alpha value is -0.830. The zero-order chi connectivity index (χ0) is 8.97. The van der Waals surface area contributed by atoms with Crippen LogP contribution >= 0.6 is 11.6 Å². The smallest absolute Gasteiger partial charge is 0.233 e. The van der Waals surface area contributed by atoms with Gasteiger partial charge in [-0.3, -0.25) is 0 Å². The van der Waals surface area contributed by atoms with Crippen molar-refractivity contribution in [2.75, 3.05) is 6.61 Å². The molecule has 0 unspecified atom stereocenters. The van der Waals surface area contributed by atoms with Gasteiger partial charge in [-0.25, -0.2) is 0 Å². The van der Waals surface area contributed by atoms with Crippen molar-refractivity contribution in [2.24, 2.45) is 5.92 Å². The van der Waals surface area contributed by atoms with Gasteiger partial charge >= 0.3 is 0 Å². The van der Waals surface area contributed by atoms with Crippen LogP contribution in [0.2, 0.25) is 5.15 Å². The van der Waals surface area contributed by atoms with E-state index in [2.05, 4.69) is 24.0 Å². The van der Waals surface area contributed by atoms with Gasteiger partial charge in [-0.2, -0.15) is 0 Å². The highest BCUT2D eigenvalue weighted by Crippen LogP contribution is 2.08. The molecule has 66 valence electrons. The number of nitrogens with zero attached hydrogens (tertiary/aromatic N) is 2. The number of halogens is 1. The molecule has 0 radical (unpaired) electrons. The van der Waals surface area contributed by atoms with E-state index in [4.69, 9.17) is 16.3 Å². The van der Waals surface area contributed by atoms with Crippen LogP contribution in [0.4, 0.5) is 0 Å². The summed E-state index contributed by atoms with van der Waals surface area (Å²) in [6.07, 6.45) is 0. The highest BCUT2D eigenvalue weighted by molar-refractivity contribution is 6.29. The van der Waals surface area contributed by atoms with Gasteiger partial charge in [-0.1, -0.05) is 25.4 Å². The minimum atomic E-state index is 0.381. The van der Waals surface area contributed by atoms with Crippen LogP contribution in [0, 0.1) is 5.92 Å². The minimum absolute atomic E-state index is 0.381. The first-order valence-electron chi connectivity index (χ1n) is 3.80. The minimum Gasteiger partial charge on any atom is -0.476 e. The van der Waals surface area contributed by atoms with Gasteiger partial charge in [0.1, 0.15) is 0 Å². The summed E-state index contributed by atoms with van der Waals surface area (Å²) in [6.45, 7) is 4.79. The molecule has 4 heteroatoms. The Kier molecular flexibility index (Phi) is 3.29. The van der Waals surface area contributed by atoms with E-state index in [9.17, 15) is 0 Å². The summed E-state index contributed by atoms with van der Waals surface area (Å²) in [5.74, 6) is 1.01. The molecular formula is C8H11ClN2O. The molecule has 0 N–H and O–H groups in total. The quantitative estimate of drug-likeness (QED) is 0.726. The maximum absolute atomic E-state index is 5.55. The van der Waals surface area contributed by atoms with E-state index in [-0.39, 0.29) is 0 Å². The SMILES string of the molecule is CC(C)COc1ccc(Cl)nn1. The van der Waals surface area contributed by atoms with Gasteiger partial charge in [-0.15, -0.1) is 10.2 Å². The maximum Gasteiger partial charge on any atom is 0.233 e. The van der Waals surface area contributed by atoms with Crippen molar-refractivity contribution in [3.8, 4) is 5.88 Å². The third-order valence-electron chi connectivity index (χ3n) is 1.17. The van der Waals surface area contributed by atoms with E-state index in [1.807, 2.05) is 0 Å². The molecule has 0 fully saturated rings. The average molecular weight is 187 g/mol. The van der Waals surface area contributed by atoms with Crippen LogP contribution < -0.4 is 4.74 Å². The molecule has 1 heterocycles. The topological polar surface area (TPSA) is 35.0 Å². The Balaban J connectivity index is 2.48. The second-order valence-electron chi connectivity index (χ2n) is 2.90. The van der Waals surface area contributed by atoms with E-state index in [1.54, 1.807) is 12.1 Å². The Bertz CT molecular complexity index is 235. The van der Waals surface area contributed by atoms with Crippen LogP contribution in [0.1, 0.15) is 13.8 Å². The van der Waals surface area contributed by atoms with Crippen molar-refractivity contribution in [3.05, 3.63) is 17.3 Å². The lowest BCUT2D eigenvalue weighted by atomic mass is 10.2. The van der Waals surface area contributed by atoms with Crippen molar-refractivity contribution in [2.45, 2.75) is 13.8 Å². The molecule has 0 aliphatic rings. The second kappa shape index (κ2) is 4.26. The Morgan fingerprint density at radius 3 is 2.67 bits per heavy atom. The largest absolute Gasteiger partial charge is 0.476 e. The van der Waals surface area contributed by atoms with Crippen LogP contribution in [-0.4, -0.2) is 16.8 Å². The first-order valence-corrected chi connectivity index (χ1v) is 4.18. The van der Waals surface area contributed by atoms with Crippen LogP contribution in [0.3, 0.4) is 0 Å². The van der Waals surface area contributed by atoms with Gasteiger partial charge in [-0.05, 0) is 12.0 Å². The van der Waals surface area contributed by atoms with E-state index < -0.39 is 0 Å². The monoisotopic (exact) mass is 186 g/mol. The average Bonchev–Trinajstić information content (AvgIpc) is 2.03.